The molecule has 1 aromatic rings. The molecule has 2 unspecified atom stereocenters. The van der Waals surface area contributed by atoms with Crippen LogP contribution in [0.15, 0.2) is 24.3 Å². The third-order valence-corrected chi connectivity index (χ3v) is 3.41. The Morgan fingerprint density at radius 1 is 1.27 bits per heavy atom. The summed E-state index contributed by atoms with van der Waals surface area (Å²) < 4.78 is 0. The molecule has 2 rings (SSSR count). The van der Waals surface area contributed by atoms with Gasteiger partial charge in [0.25, 0.3) is 0 Å². The molecule has 1 nitrogen and oxygen atoms in total. The van der Waals surface area contributed by atoms with Crippen LogP contribution in [0, 0.1) is 5.92 Å². The minimum absolute atomic E-state index is 0.834. The van der Waals surface area contributed by atoms with Gasteiger partial charge in [-0.25, -0.2) is 0 Å². The molecule has 0 bridgehead atoms. The van der Waals surface area contributed by atoms with Gasteiger partial charge in [-0.15, -0.1) is 0 Å². The van der Waals surface area contributed by atoms with Crippen molar-refractivity contribution in [2.24, 2.45) is 5.92 Å². The molecule has 82 valence electrons. The van der Waals surface area contributed by atoms with Gasteiger partial charge in [0, 0.05) is 0 Å². The second-order valence-corrected chi connectivity index (χ2v) is 4.46. The van der Waals surface area contributed by atoms with Crippen LogP contribution in [0.2, 0.25) is 0 Å². The fourth-order valence-corrected chi connectivity index (χ4v) is 2.40. The lowest BCUT2D eigenvalue weighted by molar-refractivity contribution is 0.648. The molecule has 1 saturated carbocycles. The maximum Gasteiger partial charge on any atom is -0.00146 e. The van der Waals surface area contributed by atoms with E-state index in [0.29, 0.717) is 0 Å². The Hall–Kier alpha value is -0.820. The van der Waals surface area contributed by atoms with E-state index >= 15 is 0 Å². The van der Waals surface area contributed by atoms with Crippen LogP contribution in [0.5, 0.6) is 0 Å². The molecule has 0 radical (unpaired) electrons. The summed E-state index contributed by atoms with van der Waals surface area (Å²) >= 11 is 0. The molecule has 1 heteroatoms. The van der Waals surface area contributed by atoms with E-state index in [1.54, 1.807) is 11.1 Å². The normalized spacial score (nSPS) is 24.1. The fraction of sp³-hybridized carbons (Fsp3) is 0.571. The summed E-state index contributed by atoms with van der Waals surface area (Å²) in [4.78, 5) is 0. The average molecular weight is 203 g/mol. The minimum Gasteiger partial charge on any atom is -0.317 e. The van der Waals surface area contributed by atoms with Crippen LogP contribution < -0.4 is 5.32 Å². The van der Waals surface area contributed by atoms with Crippen LogP contribution in [-0.2, 0) is 6.42 Å². The lowest BCUT2D eigenvalue weighted by atomic mass is 10.0. The molecule has 1 aliphatic rings. The lowest BCUT2D eigenvalue weighted by Crippen LogP contribution is -2.16. The predicted molar refractivity (Wildman–Crippen MR) is 65.2 cm³/mol. The number of aryl methyl sites for hydroxylation is 1. The average Bonchev–Trinajstić information content (AvgIpc) is 3.05. The van der Waals surface area contributed by atoms with Gasteiger partial charge in [-0.05, 0) is 48.9 Å². The third-order valence-electron chi connectivity index (χ3n) is 3.41. The molecule has 15 heavy (non-hydrogen) atoms. The van der Waals surface area contributed by atoms with Gasteiger partial charge < -0.3 is 5.32 Å². The van der Waals surface area contributed by atoms with Crippen molar-refractivity contribution in [3.05, 3.63) is 35.4 Å². The second kappa shape index (κ2) is 4.80. The topological polar surface area (TPSA) is 12.0 Å². The summed E-state index contributed by atoms with van der Waals surface area (Å²) in [5.74, 6) is 1.72. The first-order valence-electron chi connectivity index (χ1n) is 6.15. The molecule has 0 aliphatic heterocycles. The first kappa shape index (κ1) is 10.7. The molecule has 0 spiro atoms. The lowest BCUT2D eigenvalue weighted by Gasteiger charge is -2.07. The Morgan fingerprint density at radius 3 is 2.80 bits per heavy atom. The molecule has 2 atom stereocenters. The number of benzene rings is 1. The standard InChI is InChI=1S/C14H21N/c1-3-11-7-5-6-8-13(11)14-9-12(14)10-15-4-2/h5-8,12,14-15H,3-4,9-10H2,1-2H3. The van der Waals surface area contributed by atoms with Gasteiger partial charge in [0.05, 0.1) is 0 Å². The number of hydrogen-bond donors (Lipinski definition) is 1. The van der Waals surface area contributed by atoms with Crippen molar-refractivity contribution in [2.45, 2.75) is 32.6 Å². The second-order valence-electron chi connectivity index (χ2n) is 4.46. The van der Waals surface area contributed by atoms with Crippen LogP contribution in [0.25, 0.3) is 0 Å². The molecule has 0 heterocycles. The molecule has 0 saturated heterocycles. The molecule has 0 aromatic heterocycles. The van der Waals surface area contributed by atoms with Gasteiger partial charge >= 0.3 is 0 Å². The van der Waals surface area contributed by atoms with Crippen molar-refractivity contribution in [2.75, 3.05) is 13.1 Å². The summed E-state index contributed by atoms with van der Waals surface area (Å²) in [7, 11) is 0. The van der Waals surface area contributed by atoms with Gasteiger partial charge in [0.15, 0.2) is 0 Å². The molecule has 1 aromatic carbocycles. The largest absolute Gasteiger partial charge is 0.317 e. The van der Waals surface area contributed by atoms with E-state index in [0.717, 1.165) is 18.4 Å². The zero-order valence-corrected chi connectivity index (χ0v) is 9.79. The summed E-state index contributed by atoms with van der Waals surface area (Å²) in [6, 6.07) is 8.93. The van der Waals surface area contributed by atoms with Crippen LogP contribution in [0.3, 0.4) is 0 Å². The van der Waals surface area contributed by atoms with E-state index in [1.165, 1.54) is 19.4 Å². The molecule has 0 amide bonds. The van der Waals surface area contributed by atoms with Crippen LogP contribution in [-0.4, -0.2) is 13.1 Å². The third kappa shape index (κ3) is 2.40. The summed E-state index contributed by atoms with van der Waals surface area (Å²) in [5.41, 5.74) is 3.14. The SMILES string of the molecule is CCNCC1CC1c1ccccc1CC. The minimum atomic E-state index is 0.834. The highest BCUT2D eigenvalue weighted by atomic mass is 14.9. The monoisotopic (exact) mass is 203 g/mol. The van der Waals surface area contributed by atoms with Crippen molar-refractivity contribution < 1.29 is 0 Å². The first-order chi connectivity index (χ1) is 7.36. The van der Waals surface area contributed by atoms with Crippen molar-refractivity contribution in [1.82, 2.24) is 5.32 Å². The van der Waals surface area contributed by atoms with Crippen molar-refractivity contribution in [3.63, 3.8) is 0 Å². The molecule has 1 aliphatic carbocycles. The highest BCUT2D eigenvalue weighted by molar-refractivity contribution is 5.34. The van der Waals surface area contributed by atoms with Crippen LogP contribution >= 0.6 is 0 Å². The van der Waals surface area contributed by atoms with Gasteiger partial charge in [-0.1, -0.05) is 38.1 Å². The van der Waals surface area contributed by atoms with Crippen molar-refractivity contribution in [1.29, 1.82) is 0 Å². The quantitative estimate of drug-likeness (QED) is 0.776. The highest BCUT2D eigenvalue weighted by Gasteiger charge is 2.38. The number of hydrogen-bond acceptors (Lipinski definition) is 1. The van der Waals surface area contributed by atoms with Crippen molar-refractivity contribution in [3.8, 4) is 0 Å². The Kier molecular flexibility index (Phi) is 3.42. The van der Waals surface area contributed by atoms with E-state index in [9.17, 15) is 0 Å². The molecule has 1 N–H and O–H groups in total. The summed E-state index contributed by atoms with van der Waals surface area (Å²) in [6.07, 6.45) is 2.55. The molecular formula is C14H21N. The Bertz CT molecular complexity index is 319. The van der Waals surface area contributed by atoms with E-state index in [-0.39, 0.29) is 0 Å². The molecular weight excluding hydrogens is 182 g/mol. The maximum atomic E-state index is 3.45. The Balaban J connectivity index is 1.99. The van der Waals surface area contributed by atoms with Gasteiger partial charge in [-0.3, -0.25) is 0 Å². The number of nitrogens with one attached hydrogen (secondary N) is 1. The van der Waals surface area contributed by atoms with E-state index in [1.807, 2.05) is 0 Å². The highest BCUT2D eigenvalue weighted by Crippen LogP contribution is 2.48. The Labute approximate surface area is 92.9 Å². The smallest absolute Gasteiger partial charge is 0.00146 e. The van der Waals surface area contributed by atoms with E-state index in [4.69, 9.17) is 0 Å². The van der Waals surface area contributed by atoms with E-state index < -0.39 is 0 Å². The van der Waals surface area contributed by atoms with Gasteiger partial charge in [0.1, 0.15) is 0 Å². The summed E-state index contributed by atoms with van der Waals surface area (Å²) in [5, 5.41) is 3.45. The maximum absolute atomic E-state index is 3.45. The zero-order valence-electron chi connectivity index (χ0n) is 9.79. The van der Waals surface area contributed by atoms with Gasteiger partial charge in [-0.2, -0.15) is 0 Å². The van der Waals surface area contributed by atoms with Gasteiger partial charge in [0.2, 0.25) is 0 Å². The summed E-state index contributed by atoms with van der Waals surface area (Å²) in [6.45, 7) is 6.72. The first-order valence-corrected chi connectivity index (χ1v) is 6.15. The van der Waals surface area contributed by atoms with Crippen LogP contribution in [0.1, 0.15) is 37.3 Å². The van der Waals surface area contributed by atoms with E-state index in [2.05, 4.69) is 43.4 Å². The fourth-order valence-electron chi connectivity index (χ4n) is 2.40. The van der Waals surface area contributed by atoms with Crippen LogP contribution in [0.4, 0.5) is 0 Å². The Morgan fingerprint density at radius 2 is 2.07 bits per heavy atom. The molecule has 1 fully saturated rings. The predicted octanol–water partition coefficient (Wildman–Crippen LogP) is 2.96. The zero-order chi connectivity index (χ0) is 10.7. The number of rotatable bonds is 5. The van der Waals surface area contributed by atoms with Crippen molar-refractivity contribution >= 4 is 0 Å².